The molecule has 0 aromatic heterocycles. The number of ether oxygens (including phenoxy) is 12. The predicted molar refractivity (Wildman–Crippen MR) is 176 cm³/mol. The maximum atomic E-state index is 9.88. The number of rotatable bonds is 38. The van der Waals surface area contributed by atoms with Crippen molar-refractivity contribution in [2.24, 2.45) is 0 Å². The van der Waals surface area contributed by atoms with E-state index in [-0.39, 0.29) is 13.2 Å². The minimum Gasteiger partial charge on any atom is -0.491 e. The van der Waals surface area contributed by atoms with Crippen molar-refractivity contribution in [3.63, 3.8) is 0 Å². The second kappa shape index (κ2) is 35.6. The van der Waals surface area contributed by atoms with Crippen LogP contribution in [0.1, 0.15) is 13.3 Å². The second-order valence-electron chi connectivity index (χ2n) is 10.2. The molecule has 0 heterocycles. The van der Waals surface area contributed by atoms with E-state index in [0.29, 0.717) is 139 Å². The molecule has 0 saturated carbocycles. The molecule has 1 aromatic rings. The van der Waals surface area contributed by atoms with Gasteiger partial charge in [0.25, 0.3) is 0 Å². The molecule has 1 N–H and O–H groups in total. The summed E-state index contributed by atoms with van der Waals surface area (Å²) in [5, 5.41) is 9.88. The Balaban J connectivity index is 1.64. The maximum absolute atomic E-state index is 9.88. The van der Waals surface area contributed by atoms with E-state index in [4.69, 9.17) is 56.8 Å². The number of hydrogen-bond acceptors (Lipinski definition) is 13. The standard InChI is InChI=1S/C34H60O13/c1-32(2)8-9-36-10-11-37-12-13-38-14-15-39-16-17-40-18-19-41-20-21-42-22-23-43-24-25-44-26-27-45-28-29-46-30-33(35)31-47-34-6-4-3-5-7-34/h3-7,33,35H,1,8-31H2,2H3. The summed E-state index contributed by atoms with van der Waals surface area (Å²) < 4.78 is 65.5. The van der Waals surface area contributed by atoms with E-state index in [1.54, 1.807) is 0 Å². The predicted octanol–water partition coefficient (Wildman–Crippen LogP) is 2.58. The molecular weight excluding hydrogens is 616 g/mol. The van der Waals surface area contributed by atoms with Crippen LogP contribution in [0.2, 0.25) is 0 Å². The van der Waals surface area contributed by atoms with Crippen molar-refractivity contribution in [1.29, 1.82) is 0 Å². The first-order valence-electron chi connectivity index (χ1n) is 16.5. The molecule has 0 bridgehead atoms. The number of aliphatic hydroxyl groups excluding tert-OH is 1. The third kappa shape index (κ3) is 34.0. The molecule has 0 fully saturated rings. The molecule has 0 amide bonds. The van der Waals surface area contributed by atoms with E-state index < -0.39 is 6.10 Å². The third-order valence-electron chi connectivity index (χ3n) is 5.89. The van der Waals surface area contributed by atoms with E-state index in [1.165, 1.54) is 0 Å². The average Bonchev–Trinajstić information content (AvgIpc) is 3.07. The molecule has 274 valence electrons. The van der Waals surface area contributed by atoms with Crippen LogP contribution in [0.3, 0.4) is 0 Å². The molecule has 0 radical (unpaired) electrons. The molecule has 47 heavy (non-hydrogen) atoms. The molecule has 0 aliphatic heterocycles. The van der Waals surface area contributed by atoms with Crippen molar-refractivity contribution < 1.29 is 61.9 Å². The van der Waals surface area contributed by atoms with Crippen molar-refractivity contribution in [2.45, 2.75) is 19.4 Å². The van der Waals surface area contributed by atoms with Crippen LogP contribution in [0.15, 0.2) is 42.5 Å². The van der Waals surface area contributed by atoms with Crippen LogP contribution < -0.4 is 4.74 Å². The smallest absolute Gasteiger partial charge is 0.119 e. The van der Waals surface area contributed by atoms with E-state index in [1.807, 2.05) is 37.3 Å². The lowest BCUT2D eigenvalue weighted by Crippen LogP contribution is -2.24. The Kier molecular flexibility index (Phi) is 32.8. The number of benzene rings is 1. The Morgan fingerprint density at radius 3 is 1.09 bits per heavy atom. The minimum atomic E-state index is -0.692. The quantitative estimate of drug-likeness (QED) is 0.0814. The van der Waals surface area contributed by atoms with E-state index in [0.717, 1.165) is 17.7 Å². The van der Waals surface area contributed by atoms with Gasteiger partial charge in [-0.15, -0.1) is 6.58 Å². The highest BCUT2D eigenvalue weighted by Crippen LogP contribution is 2.08. The zero-order valence-corrected chi connectivity index (χ0v) is 28.5. The lowest BCUT2D eigenvalue weighted by molar-refractivity contribution is -0.0314. The molecule has 13 nitrogen and oxygen atoms in total. The summed E-state index contributed by atoms with van der Waals surface area (Å²) in [7, 11) is 0. The fraction of sp³-hybridized carbons (Fsp3) is 0.765. The monoisotopic (exact) mass is 676 g/mol. The minimum absolute atomic E-state index is 0.181. The van der Waals surface area contributed by atoms with Gasteiger partial charge in [0.2, 0.25) is 0 Å². The zero-order valence-electron chi connectivity index (χ0n) is 28.5. The maximum Gasteiger partial charge on any atom is 0.119 e. The Hall–Kier alpha value is -1.72. The van der Waals surface area contributed by atoms with Crippen molar-refractivity contribution in [3.05, 3.63) is 42.5 Å². The van der Waals surface area contributed by atoms with Crippen molar-refractivity contribution >= 4 is 0 Å². The van der Waals surface area contributed by atoms with Crippen LogP contribution in [0.25, 0.3) is 0 Å². The van der Waals surface area contributed by atoms with Gasteiger partial charge >= 0.3 is 0 Å². The molecule has 13 heteroatoms. The summed E-state index contributed by atoms with van der Waals surface area (Å²) in [4.78, 5) is 0. The van der Waals surface area contributed by atoms with Gasteiger partial charge in [0.15, 0.2) is 0 Å². The summed E-state index contributed by atoms with van der Waals surface area (Å²) in [6.45, 7) is 16.9. The Labute approximate surface area is 281 Å². The Morgan fingerprint density at radius 1 is 0.468 bits per heavy atom. The van der Waals surface area contributed by atoms with E-state index in [9.17, 15) is 5.11 Å². The fourth-order valence-corrected chi connectivity index (χ4v) is 3.42. The molecule has 0 spiro atoms. The van der Waals surface area contributed by atoms with E-state index in [2.05, 4.69) is 6.58 Å². The van der Waals surface area contributed by atoms with Crippen LogP contribution in [-0.4, -0.2) is 163 Å². The number of para-hydroxylation sites is 1. The van der Waals surface area contributed by atoms with Gasteiger partial charge in [-0.1, -0.05) is 23.8 Å². The Morgan fingerprint density at radius 2 is 0.766 bits per heavy atom. The average molecular weight is 677 g/mol. The highest BCUT2D eigenvalue weighted by atomic mass is 16.6. The van der Waals surface area contributed by atoms with Crippen molar-refractivity contribution in [3.8, 4) is 5.75 Å². The van der Waals surface area contributed by atoms with Gasteiger partial charge < -0.3 is 61.9 Å². The molecule has 0 aliphatic carbocycles. The molecule has 0 aliphatic rings. The van der Waals surface area contributed by atoms with Gasteiger partial charge in [-0.05, 0) is 25.5 Å². The van der Waals surface area contributed by atoms with Gasteiger partial charge in [-0.25, -0.2) is 0 Å². The molecule has 1 unspecified atom stereocenters. The topological polar surface area (TPSA) is 131 Å². The summed E-state index contributed by atoms with van der Waals surface area (Å²) in [6.07, 6.45) is 0.192. The van der Waals surface area contributed by atoms with Crippen molar-refractivity contribution in [2.75, 3.05) is 152 Å². The third-order valence-corrected chi connectivity index (χ3v) is 5.89. The highest BCUT2D eigenvalue weighted by molar-refractivity contribution is 5.20. The van der Waals surface area contributed by atoms with Crippen LogP contribution in [0.4, 0.5) is 0 Å². The van der Waals surface area contributed by atoms with Crippen LogP contribution in [0, 0.1) is 0 Å². The first-order chi connectivity index (χ1) is 23.2. The van der Waals surface area contributed by atoms with Gasteiger partial charge in [-0.3, -0.25) is 0 Å². The highest BCUT2D eigenvalue weighted by Gasteiger charge is 2.05. The lowest BCUT2D eigenvalue weighted by Gasteiger charge is -2.13. The molecule has 1 rings (SSSR count). The van der Waals surface area contributed by atoms with Gasteiger partial charge in [-0.2, -0.15) is 0 Å². The van der Waals surface area contributed by atoms with Crippen molar-refractivity contribution in [1.82, 2.24) is 0 Å². The number of aliphatic hydroxyl groups is 1. The molecule has 1 aromatic carbocycles. The summed E-state index contributed by atoms with van der Waals surface area (Å²) in [6, 6.07) is 9.35. The first-order valence-corrected chi connectivity index (χ1v) is 16.5. The van der Waals surface area contributed by atoms with Crippen LogP contribution in [-0.2, 0) is 52.1 Å². The second-order valence-corrected chi connectivity index (χ2v) is 10.2. The van der Waals surface area contributed by atoms with Gasteiger partial charge in [0, 0.05) is 0 Å². The Bertz CT molecular complexity index is 772. The van der Waals surface area contributed by atoms with E-state index >= 15 is 0 Å². The normalized spacial score (nSPS) is 12.0. The fourth-order valence-electron chi connectivity index (χ4n) is 3.42. The molecule has 0 saturated heterocycles. The zero-order chi connectivity index (χ0) is 33.7. The lowest BCUT2D eigenvalue weighted by atomic mass is 10.3. The number of hydrogen-bond donors (Lipinski definition) is 1. The SMILES string of the molecule is C=C(C)CCOCCOCCOCCOCCOCCOCCOCCOCCOCCOCCOCC(O)COc1ccccc1. The van der Waals surface area contributed by atoms with Crippen LogP contribution in [0.5, 0.6) is 5.75 Å². The first kappa shape index (κ1) is 43.3. The van der Waals surface area contributed by atoms with Gasteiger partial charge in [0.05, 0.1) is 145 Å². The largest absolute Gasteiger partial charge is 0.491 e. The summed E-state index contributed by atoms with van der Waals surface area (Å²) in [5.41, 5.74) is 1.12. The molecular formula is C34H60O13. The van der Waals surface area contributed by atoms with Crippen LogP contribution >= 0.6 is 0 Å². The summed E-state index contributed by atoms with van der Waals surface area (Å²) in [5.74, 6) is 0.719. The molecule has 1 atom stereocenters. The summed E-state index contributed by atoms with van der Waals surface area (Å²) >= 11 is 0. The van der Waals surface area contributed by atoms with Gasteiger partial charge in [0.1, 0.15) is 18.5 Å².